The molecular weight excluding hydrogens is 360 g/mol. The summed E-state index contributed by atoms with van der Waals surface area (Å²) in [5.41, 5.74) is 3.26. The quantitative estimate of drug-likeness (QED) is 0.537. The second-order valence-electron chi connectivity index (χ2n) is 5.05. The summed E-state index contributed by atoms with van der Waals surface area (Å²) < 4.78 is 3.11. The molecule has 0 saturated heterocycles. The monoisotopic (exact) mass is 374 g/mol. The third kappa shape index (κ3) is 4.12. The van der Waals surface area contributed by atoms with Crippen LogP contribution >= 0.6 is 34.9 Å². The first-order valence-electron chi connectivity index (χ1n) is 7.20. The van der Waals surface area contributed by atoms with Crippen LogP contribution in [0.5, 0.6) is 0 Å². The minimum atomic E-state index is -0.147. The summed E-state index contributed by atoms with van der Waals surface area (Å²) in [4.78, 5) is 13.5. The van der Waals surface area contributed by atoms with Crippen LogP contribution in [0, 0.1) is 0 Å². The summed E-state index contributed by atoms with van der Waals surface area (Å²) in [5.74, 6) is -0.147. The number of benzene rings is 2. The van der Waals surface area contributed by atoms with Crippen molar-refractivity contribution in [2.45, 2.75) is 0 Å². The van der Waals surface area contributed by atoms with Crippen molar-refractivity contribution in [3.63, 3.8) is 0 Å². The standard InChI is InChI=1S/C18H15ClN2OS2/c1-23-21-16-9-14(19)8-15(10-16)20-18(22)13-7-17(24-11-13)12-5-3-2-4-6-12/h2-11,21H,1H3,(H,20,22). The van der Waals surface area contributed by atoms with Crippen LogP contribution in [-0.2, 0) is 0 Å². The van der Waals surface area contributed by atoms with Crippen molar-refractivity contribution in [2.24, 2.45) is 0 Å². The largest absolute Gasteiger partial charge is 0.330 e. The van der Waals surface area contributed by atoms with E-state index in [9.17, 15) is 4.79 Å². The van der Waals surface area contributed by atoms with Crippen LogP contribution in [0.15, 0.2) is 60.0 Å². The summed E-state index contributed by atoms with van der Waals surface area (Å²) >= 11 is 9.12. The topological polar surface area (TPSA) is 41.1 Å². The van der Waals surface area contributed by atoms with Gasteiger partial charge in [0.15, 0.2) is 0 Å². The van der Waals surface area contributed by atoms with Gasteiger partial charge in [0, 0.05) is 32.9 Å². The van der Waals surface area contributed by atoms with Crippen molar-refractivity contribution in [1.82, 2.24) is 0 Å². The van der Waals surface area contributed by atoms with E-state index >= 15 is 0 Å². The molecule has 3 aromatic rings. The molecule has 0 aliphatic rings. The molecule has 0 bridgehead atoms. The second kappa shape index (κ2) is 7.75. The summed E-state index contributed by atoms with van der Waals surface area (Å²) in [6, 6.07) is 17.3. The third-order valence-electron chi connectivity index (χ3n) is 3.30. The highest BCUT2D eigenvalue weighted by molar-refractivity contribution is 7.99. The molecule has 1 amide bonds. The first-order valence-corrected chi connectivity index (χ1v) is 9.69. The van der Waals surface area contributed by atoms with Gasteiger partial charge in [0.25, 0.3) is 5.91 Å². The number of hydrogen-bond acceptors (Lipinski definition) is 4. The van der Waals surface area contributed by atoms with Crippen LogP contribution in [0.2, 0.25) is 5.02 Å². The lowest BCUT2D eigenvalue weighted by Gasteiger charge is -2.08. The Morgan fingerprint density at radius 2 is 1.83 bits per heavy atom. The van der Waals surface area contributed by atoms with Gasteiger partial charge in [-0.15, -0.1) is 11.3 Å². The molecule has 0 aliphatic carbocycles. The van der Waals surface area contributed by atoms with Crippen molar-refractivity contribution < 1.29 is 4.79 Å². The zero-order valence-electron chi connectivity index (χ0n) is 12.9. The minimum Gasteiger partial charge on any atom is -0.330 e. The van der Waals surface area contributed by atoms with E-state index in [0.717, 1.165) is 16.1 Å². The summed E-state index contributed by atoms with van der Waals surface area (Å²) in [5, 5.41) is 5.33. The normalized spacial score (nSPS) is 10.4. The Kier molecular flexibility index (Phi) is 5.45. The highest BCUT2D eigenvalue weighted by Gasteiger charge is 2.11. The van der Waals surface area contributed by atoms with Crippen LogP contribution in [0.4, 0.5) is 11.4 Å². The van der Waals surface area contributed by atoms with Crippen LogP contribution in [0.3, 0.4) is 0 Å². The van der Waals surface area contributed by atoms with Crippen molar-refractivity contribution >= 4 is 52.2 Å². The predicted molar refractivity (Wildman–Crippen MR) is 106 cm³/mol. The molecule has 3 rings (SSSR count). The average molecular weight is 375 g/mol. The van der Waals surface area contributed by atoms with Gasteiger partial charge in [0.1, 0.15) is 0 Å². The lowest BCUT2D eigenvalue weighted by atomic mass is 10.1. The van der Waals surface area contributed by atoms with Crippen molar-refractivity contribution in [3.05, 3.63) is 70.6 Å². The molecular formula is C18H15ClN2OS2. The Morgan fingerprint density at radius 3 is 2.58 bits per heavy atom. The molecule has 1 aromatic heterocycles. The Labute approximate surface area is 154 Å². The molecule has 2 aromatic carbocycles. The summed E-state index contributed by atoms with van der Waals surface area (Å²) in [6.07, 6.45) is 1.93. The van der Waals surface area contributed by atoms with Gasteiger partial charge in [-0.05, 0) is 29.8 Å². The van der Waals surface area contributed by atoms with E-state index in [2.05, 4.69) is 10.0 Å². The van der Waals surface area contributed by atoms with Gasteiger partial charge in [-0.25, -0.2) is 0 Å². The Balaban J connectivity index is 1.77. The smallest absolute Gasteiger partial charge is 0.256 e. The number of amides is 1. The summed E-state index contributed by atoms with van der Waals surface area (Å²) in [6.45, 7) is 0. The van der Waals surface area contributed by atoms with Gasteiger partial charge in [0.05, 0.1) is 5.56 Å². The first kappa shape index (κ1) is 16.9. The molecule has 1 heterocycles. The lowest BCUT2D eigenvalue weighted by Crippen LogP contribution is -2.10. The van der Waals surface area contributed by atoms with Gasteiger partial charge in [0.2, 0.25) is 0 Å². The van der Waals surface area contributed by atoms with E-state index in [0.29, 0.717) is 16.3 Å². The number of rotatable bonds is 5. The second-order valence-corrected chi connectivity index (χ2v) is 7.01. The van der Waals surface area contributed by atoms with Gasteiger partial charge in [-0.3, -0.25) is 4.79 Å². The molecule has 122 valence electrons. The highest BCUT2D eigenvalue weighted by Crippen LogP contribution is 2.28. The van der Waals surface area contributed by atoms with Crippen molar-refractivity contribution in [3.8, 4) is 10.4 Å². The van der Waals surface area contributed by atoms with E-state index in [1.165, 1.54) is 11.9 Å². The maximum Gasteiger partial charge on any atom is 0.256 e. The molecule has 0 saturated carbocycles. The molecule has 0 fully saturated rings. The van der Waals surface area contributed by atoms with E-state index in [1.807, 2.05) is 60.2 Å². The highest BCUT2D eigenvalue weighted by atomic mass is 35.5. The molecule has 3 nitrogen and oxygen atoms in total. The van der Waals surface area contributed by atoms with Crippen LogP contribution < -0.4 is 10.0 Å². The number of halogens is 1. The maximum atomic E-state index is 12.5. The molecule has 0 atom stereocenters. The Hall–Kier alpha value is -1.95. The number of carbonyl (C=O) groups is 1. The molecule has 0 aliphatic heterocycles. The fourth-order valence-electron chi connectivity index (χ4n) is 2.25. The van der Waals surface area contributed by atoms with Crippen LogP contribution in [-0.4, -0.2) is 12.2 Å². The Morgan fingerprint density at radius 1 is 1.08 bits per heavy atom. The van der Waals surface area contributed by atoms with E-state index in [1.54, 1.807) is 17.4 Å². The summed E-state index contributed by atoms with van der Waals surface area (Å²) in [7, 11) is 0. The minimum absolute atomic E-state index is 0.147. The predicted octanol–water partition coefficient (Wildman–Crippen LogP) is 6.01. The van der Waals surface area contributed by atoms with E-state index in [4.69, 9.17) is 11.6 Å². The van der Waals surface area contributed by atoms with Crippen molar-refractivity contribution in [1.29, 1.82) is 0 Å². The van der Waals surface area contributed by atoms with E-state index < -0.39 is 0 Å². The Bertz CT molecular complexity index is 849. The van der Waals surface area contributed by atoms with Crippen LogP contribution in [0.1, 0.15) is 10.4 Å². The molecule has 2 N–H and O–H groups in total. The van der Waals surface area contributed by atoms with Gasteiger partial charge in [-0.2, -0.15) is 0 Å². The molecule has 0 radical (unpaired) electrons. The fraction of sp³-hybridized carbons (Fsp3) is 0.0556. The third-order valence-corrected chi connectivity index (χ3v) is 4.93. The fourth-order valence-corrected chi connectivity index (χ4v) is 3.74. The van der Waals surface area contributed by atoms with Gasteiger partial charge < -0.3 is 10.0 Å². The number of carbonyl (C=O) groups excluding carboxylic acids is 1. The van der Waals surface area contributed by atoms with Gasteiger partial charge in [-0.1, -0.05) is 53.9 Å². The first-order chi connectivity index (χ1) is 11.7. The van der Waals surface area contributed by atoms with Crippen molar-refractivity contribution in [2.75, 3.05) is 16.3 Å². The number of nitrogens with one attached hydrogen (secondary N) is 2. The zero-order chi connectivity index (χ0) is 16.9. The van der Waals surface area contributed by atoms with Crippen LogP contribution in [0.25, 0.3) is 10.4 Å². The molecule has 0 unspecified atom stereocenters. The maximum absolute atomic E-state index is 12.5. The SMILES string of the molecule is CSNc1cc(Cl)cc(NC(=O)c2csc(-c3ccccc3)c2)c1. The van der Waals surface area contributed by atoms with E-state index in [-0.39, 0.29) is 5.91 Å². The average Bonchev–Trinajstić information content (AvgIpc) is 3.05. The number of thiophene rings is 1. The molecule has 6 heteroatoms. The zero-order valence-corrected chi connectivity index (χ0v) is 15.3. The lowest BCUT2D eigenvalue weighted by molar-refractivity contribution is 0.102. The number of hydrogen-bond donors (Lipinski definition) is 2. The number of anilines is 2. The molecule has 24 heavy (non-hydrogen) atoms. The molecule has 0 spiro atoms. The van der Waals surface area contributed by atoms with Gasteiger partial charge >= 0.3 is 0 Å².